The summed E-state index contributed by atoms with van der Waals surface area (Å²) in [7, 11) is 1.63. The van der Waals surface area contributed by atoms with Crippen molar-refractivity contribution in [1.82, 2.24) is 5.32 Å². The van der Waals surface area contributed by atoms with E-state index in [1.165, 1.54) is 0 Å². The Labute approximate surface area is 154 Å². The van der Waals surface area contributed by atoms with E-state index >= 15 is 0 Å². The highest BCUT2D eigenvalue weighted by molar-refractivity contribution is 5.94. The highest BCUT2D eigenvalue weighted by Gasteiger charge is 2.18. The van der Waals surface area contributed by atoms with Gasteiger partial charge in [0.05, 0.1) is 0 Å². The fraction of sp³-hybridized carbons (Fsp3) is 0.333. The largest absolute Gasteiger partial charge is 0.481 e. The van der Waals surface area contributed by atoms with Gasteiger partial charge in [0.1, 0.15) is 5.75 Å². The number of benzene rings is 2. The summed E-state index contributed by atoms with van der Waals surface area (Å²) in [5.41, 5.74) is 2.85. The third-order valence-corrected chi connectivity index (χ3v) is 4.07. The normalized spacial score (nSPS) is 11.5. The molecule has 1 atom stereocenters. The first-order valence-electron chi connectivity index (χ1n) is 8.85. The first-order chi connectivity index (χ1) is 12.5. The molecule has 0 fully saturated rings. The number of anilines is 1. The van der Waals surface area contributed by atoms with Crippen LogP contribution in [0, 0.1) is 6.92 Å². The van der Waals surface area contributed by atoms with Crippen LogP contribution >= 0.6 is 0 Å². The van der Waals surface area contributed by atoms with Crippen molar-refractivity contribution in [3.63, 3.8) is 0 Å². The van der Waals surface area contributed by atoms with Crippen molar-refractivity contribution in [3.8, 4) is 5.75 Å². The summed E-state index contributed by atoms with van der Waals surface area (Å²) in [4.78, 5) is 23.8. The van der Waals surface area contributed by atoms with Gasteiger partial charge in [0.25, 0.3) is 5.91 Å². The fourth-order valence-electron chi connectivity index (χ4n) is 2.54. The number of ether oxygens (including phenoxy) is 1. The summed E-state index contributed by atoms with van der Waals surface area (Å²) in [6.45, 7) is 3.90. The van der Waals surface area contributed by atoms with Crippen molar-refractivity contribution in [1.29, 1.82) is 0 Å². The molecule has 2 N–H and O–H groups in total. The molecular formula is C21H26N2O3. The molecule has 0 radical (unpaired) electrons. The summed E-state index contributed by atoms with van der Waals surface area (Å²) in [6.07, 6.45) is 1.14. The Kier molecular flexibility index (Phi) is 7.21. The van der Waals surface area contributed by atoms with Gasteiger partial charge in [-0.1, -0.05) is 31.2 Å². The van der Waals surface area contributed by atoms with Gasteiger partial charge in [0.2, 0.25) is 5.91 Å². The molecule has 26 heavy (non-hydrogen) atoms. The second-order valence-electron chi connectivity index (χ2n) is 6.19. The van der Waals surface area contributed by atoms with E-state index in [4.69, 9.17) is 4.74 Å². The van der Waals surface area contributed by atoms with Gasteiger partial charge in [-0.15, -0.1) is 0 Å². The third kappa shape index (κ3) is 5.92. The molecule has 2 aromatic rings. The number of carbonyl (C=O) groups is 2. The highest BCUT2D eigenvalue weighted by Crippen LogP contribution is 2.17. The number of rotatable bonds is 8. The molecule has 5 nitrogen and oxygen atoms in total. The summed E-state index contributed by atoms with van der Waals surface area (Å²) < 4.78 is 5.82. The lowest BCUT2D eigenvalue weighted by Gasteiger charge is -2.17. The zero-order chi connectivity index (χ0) is 18.9. The van der Waals surface area contributed by atoms with Gasteiger partial charge in [0, 0.05) is 19.2 Å². The zero-order valence-corrected chi connectivity index (χ0v) is 15.5. The van der Waals surface area contributed by atoms with Crippen molar-refractivity contribution in [2.45, 2.75) is 39.2 Å². The van der Waals surface area contributed by atoms with Crippen LogP contribution in [0.5, 0.6) is 5.75 Å². The Morgan fingerprint density at radius 3 is 2.46 bits per heavy atom. The summed E-state index contributed by atoms with van der Waals surface area (Å²) >= 11 is 0. The second kappa shape index (κ2) is 9.61. The average molecular weight is 354 g/mol. The van der Waals surface area contributed by atoms with Gasteiger partial charge in [-0.2, -0.15) is 0 Å². The Morgan fingerprint density at radius 1 is 1.12 bits per heavy atom. The van der Waals surface area contributed by atoms with Crippen LogP contribution in [0.1, 0.15) is 30.9 Å². The molecule has 0 saturated heterocycles. The van der Waals surface area contributed by atoms with Crippen LogP contribution in [0.15, 0.2) is 48.5 Å². The first-order valence-corrected chi connectivity index (χ1v) is 8.85. The lowest BCUT2D eigenvalue weighted by Crippen LogP contribution is -2.32. The van der Waals surface area contributed by atoms with Crippen LogP contribution in [0.3, 0.4) is 0 Å². The fourth-order valence-corrected chi connectivity index (χ4v) is 2.54. The number of aryl methyl sites for hydroxylation is 2. The molecule has 138 valence electrons. The van der Waals surface area contributed by atoms with Gasteiger partial charge >= 0.3 is 0 Å². The average Bonchev–Trinajstić information content (AvgIpc) is 2.65. The molecule has 0 heterocycles. The van der Waals surface area contributed by atoms with E-state index in [2.05, 4.69) is 10.6 Å². The second-order valence-corrected chi connectivity index (χ2v) is 6.19. The number of hydrogen-bond acceptors (Lipinski definition) is 3. The molecule has 0 aliphatic heterocycles. The summed E-state index contributed by atoms with van der Waals surface area (Å²) in [5, 5.41) is 5.49. The van der Waals surface area contributed by atoms with Crippen LogP contribution in [0.25, 0.3) is 0 Å². The van der Waals surface area contributed by atoms with E-state index in [9.17, 15) is 9.59 Å². The van der Waals surface area contributed by atoms with E-state index in [1.54, 1.807) is 7.05 Å². The third-order valence-electron chi connectivity index (χ3n) is 4.07. The summed E-state index contributed by atoms with van der Waals surface area (Å²) in [6, 6.07) is 15.2. The maximum atomic E-state index is 12.5. The summed E-state index contributed by atoms with van der Waals surface area (Å²) in [5.74, 6) is 0.533. The minimum Gasteiger partial charge on any atom is -0.481 e. The Balaban J connectivity index is 1.93. The van der Waals surface area contributed by atoms with E-state index in [0.29, 0.717) is 30.7 Å². The Morgan fingerprint density at radius 2 is 1.85 bits per heavy atom. The first kappa shape index (κ1) is 19.5. The maximum absolute atomic E-state index is 12.5. The van der Waals surface area contributed by atoms with Crippen molar-refractivity contribution >= 4 is 17.5 Å². The monoisotopic (exact) mass is 354 g/mol. The van der Waals surface area contributed by atoms with Crippen LogP contribution < -0.4 is 15.4 Å². The van der Waals surface area contributed by atoms with E-state index in [-0.39, 0.29) is 11.8 Å². The smallest absolute Gasteiger partial charge is 0.265 e. The minimum atomic E-state index is -0.551. The Bertz CT molecular complexity index is 741. The molecule has 0 bridgehead atoms. The SMILES string of the molecule is CCC(Oc1cccc(C)c1)C(=O)Nc1ccc(CCC(=O)NC)cc1. The molecule has 0 aromatic heterocycles. The van der Waals surface area contributed by atoms with Gasteiger partial charge in [-0.25, -0.2) is 0 Å². The van der Waals surface area contributed by atoms with E-state index in [1.807, 2.05) is 62.4 Å². The van der Waals surface area contributed by atoms with Gasteiger partial charge in [0.15, 0.2) is 6.10 Å². The minimum absolute atomic E-state index is 0.0152. The molecule has 0 aliphatic carbocycles. The predicted molar refractivity (Wildman–Crippen MR) is 103 cm³/mol. The van der Waals surface area contributed by atoms with Gasteiger partial charge < -0.3 is 15.4 Å². The van der Waals surface area contributed by atoms with Crippen molar-refractivity contribution in [2.24, 2.45) is 0 Å². The molecular weight excluding hydrogens is 328 g/mol. The van der Waals surface area contributed by atoms with Crippen LogP contribution in [-0.2, 0) is 16.0 Å². The maximum Gasteiger partial charge on any atom is 0.265 e. The number of nitrogens with one attached hydrogen (secondary N) is 2. The lowest BCUT2D eigenvalue weighted by atomic mass is 10.1. The van der Waals surface area contributed by atoms with Gasteiger partial charge in [-0.05, 0) is 55.2 Å². The highest BCUT2D eigenvalue weighted by atomic mass is 16.5. The molecule has 0 saturated carbocycles. The quantitative estimate of drug-likeness (QED) is 0.763. The molecule has 0 aliphatic rings. The zero-order valence-electron chi connectivity index (χ0n) is 15.5. The molecule has 2 amide bonds. The van der Waals surface area contributed by atoms with Crippen LogP contribution in [-0.4, -0.2) is 25.0 Å². The molecule has 2 rings (SSSR count). The van der Waals surface area contributed by atoms with Crippen molar-refractivity contribution < 1.29 is 14.3 Å². The molecule has 1 unspecified atom stereocenters. The Hall–Kier alpha value is -2.82. The molecule has 0 spiro atoms. The molecule has 2 aromatic carbocycles. The topological polar surface area (TPSA) is 67.4 Å². The standard InChI is InChI=1S/C21H26N2O3/c1-4-19(26-18-7-5-6-15(2)14-18)21(25)23-17-11-8-16(9-12-17)10-13-20(24)22-3/h5-9,11-12,14,19H,4,10,13H2,1-3H3,(H,22,24)(H,23,25). The molecule has 5 heteroatoms. The van der Waals surface area contributed by atoms with Crippen molar-refractivity contribution in [2.75, 3.05) is 12.4 Å². The van der Waals surface area contributed by atoms with E-state index in [0.717, 1.165) is 11.1 Å². The van der Waals surface area contributed by atoms with Crippen molar-refractivity contribution in [3.05, 3.63) is 59.7 Å². The lowest BCUT2D eigenvalue weighted by molar-refractivity contribution is -0.123. The number of hydrogen-bond donors (Lipinski definition) is 2. The number of amides is 2. The van der Waals surface area contributed by atoms with Crippen LogP contribution in [0.4, 0.5) is 5.69 Å². The van der Waals surface area contributed by atoms with Gasteiger partial charge in [-0.3, -0.25) is 9.59 Å². The number of carbonyl (C=O) groups excluding carboxylic acids is 2. The van der Waals surface area contributed by atoms with E-state index < -0.39 is 6.10 Å². The predicted octanol–water partition coefficient (Wildman–Crippen LogP) is 3.47. The van der Waals surface area contributed by atoms with Crippen LogP contribution in [0.2, 0.25) is 0 Å².